The highest BCUT2D eigenvalue weighted by molar-refractivity contribution is 7.14. The summed E-state index contributed by atoms with van der Waals surface area (Å²) >= 11 is 1.24. The number of amides is 2. The monoisotopic (exact) mass is 379 g/mol. The Morgan fingerprint density at radius 3 is 2.56 bits per heavy atom. The van der Waals surface area contributed by atoms with Crippen molar-refractivity contribution in [3.05, 3.63) is 76.3 Å². The third-order valence-corrected chi connectivity index (χ3v) is 4.93. The van der Waals surface area contributed by atoms with Gasteiger partial charge in [-0.1, -0.05) is 55.5 Å². The summed E-state index contributed by atoms with van der Waals surface area (Å²) in [6.07, 6.45) is 1.10. The molecular weight excluding hydrogens is 358 g/mol. The Hall–Kier alpha value is -2.99. The Labute approximate surface area is 162 Å². The summed E-state index contributed by atoms with van der Waals surface area (Å²) in [7, 11) is 0. The molecule has 0 spiro atoms. The highest BCUT2D eigenvalue weighted by Crippen LogP contribution is 2.23. The molecule has 0 aliphatic heterocycles. The maximum atomic E-state index is 12.5. The van der Waals surface area contributed by atoms with Crippen LogP contribution in [0.15, 0.2) is 53.9 Å². The molecule has 2 aromatic carbocycles. The molecule has 3 rings (SSSR count). The van der Waals surface area contributed by atoms with Crippen LogP contribution in [0.2, 0.25) is 0 Å². The van der Waals surface area contributed by atoms with Gasteiger partial charge in [-0.2, -0.15) is 0 Å². The SMILES string of the molecule is CCc1cccc(C)c1NC(=O)c1csc(NC(=O)Cc2ccccc2)n1. The van der Waals surface area contributed by atoms with Crippen molar-refractivity contribution in [1.29, 1.82) is 0 Å². The van der Waals surface area contributed by atoms with Gasteiger partial charge in [-0.3, -0.25) is 9.59 Å². The molecule has 0 saturated heterocycles. The van der Waals surface area contributed by atoms with E-state index in [-0.39, 0.29) is 18.2 Å². The minimum atomic E-state index is -0.279. The molecule has 2 N–H and O–H groups in total. The summed E-state index contributed by atoms with van der Waals surface area (Å²) in [6, 6.07) is 15.4. The van der Waals surface area contributed by atoms with Crippen LogP contribution in [0.5, 0.6) is 0 Å². The first-order valence-corrected chi connectivity index (χ1v) is 9.64. The lowest BCUT2D eigenvalue weighted by molar-refractivity contribution is -0.115. The van der Waals surface area contributed by atoms with Crippen LogP contribution in [0.1, 0.15) is 34.1 Å². The van der Waals surface area contributed by atoms with Crippen LogP contribution in [0, 0.1) is 6.92 Å². The van der Waals surface area contributed by atoms with Gasteiger partial charge in [0.2, 0.25) is 5.91 Å². The van der Waals surface area contributed by atoms with E-state index in [2.05, 4.69) is 15.6 Å². The quantitative estimate of drug-likeness (QED) is 0.665. The Morgan fingerprint density at radius 1 is 1.04 bits per heavy atom. The van der Waals surface area contributed by atoms with Crippen LogP contribution in [0.3, 0.4) is 0 Å². The summed E-state index contributed by atoms with van der Waals surface area (Å²) in [5.41, 5.74) is 4.13. The number of thiazole rings is 1. The molecule has 0 aliphatic carbocycles. The minimum Gasteiger partial charge on any atom is -0.320 e. The van der Waals surface area contributed by atoms with Crippen molar-refractivity contribution in [2.45, 2.75) is 26.7 Å². The molecule has 0 saturated carbocycles. The number of hydrogen-bond acceptors (Lipinski definition) is 4. The fraction of sp³-hybridized carbons (Fsp3) is 0.190. The van der Waals surface area contributed by atoms with E-state index in [9.17, 15) is 9.59 Å². The summed E-state index contributed by atoms with van der Waals surface area (Å²) in [5, 5.41) is 7.77. The number of para-hydroxylation sites is 1. The molecule has 1 aromatic heterocycles. The molecule has 6 heteroatoms. The molecule has 3 aromatic rings. The van der Waals surface area contributed by atoms with Gasteiger partial charge < -0.3 is 10.6 Å². The van der Waals surface area contributed by atoms with Crippen LogP contribution < -0.4 is 10.6 Å². The minimum absolute atomic E-state index is 0.158. The van der Waals surface area contributed by atoms with Gasteiger partial charge in [-0.15, -0.1) is 11.3 Å². The van der Waals surface area contributed by atoms with Gasteiger partial charge in [-0.05, 0) is 30.0 Å². The van der Waals surface area contributed by atoms with E-state index in [1.165, 1.54) is 11.3 Å². The van der Waals surface area contributed by atoms with Crippen molar-refractivity contribution in [3.8, 4) is 0 Å². The zero-order valence-corrected chi connectivity index (χ0v) is 16.1. The van der Waals surface area contributed by atoms with E-state index < -0.39 is 0 Å². The Bertz CT molecular complexity index is 951. The lowest BCUT2D eigenvalue weighted by Crippen LogP contribution is -2.16. The van der Waals surface area contributed by atoms with Crippen LogP contribution >= 0.6 is 11.3 Å². The van der Waals surface area contributed by atoms with Crippen molar-refractivity contribution in [2.24, 2.45) is 0 Å². The average molecular weight is 379 g/mol. The average Bonchev–Trinajstić information content (AvgIpc) is 3.12. The molecule has 0 unspecified atom stereocenters. The first-order chi connectivity index (χ1) is 13.1. The molecule has 27 heavy (non-hydrogen) atoms. The topological polar surface area (TPSA) is 71.1 Å². The second kappa shape index (κ2) is 8.60. The molecule has 1 heterocycles. The fourth-order valence-corrected chi connectivity index (χ4v) is 3.47. The van der Waals surface area contributed by atoms with Crippen molar-refractivity contribution < 1.29 is 9.59 Å². The first kappa shape index (κ1) is 18.8. The molecule has 5 nitrogen and oxygen atoms in total. The fourth-order valence-electron chi connectivity index (χ4n) is 2.76. The van der Waals surface area contributed by atoms with Crippen LogP contribution in [-0.2, 0) is 17.6 Å². The van der Waals surface area contributed by atoms with Gasteiger partial charge in [0.05, 0.1) is 6.42 Å². The first-order valence-electron chi connectivity index (χ1n) is 8.76. The maximum Gasteiger partial charge on any atom is 0.275 e. The van der Waals surface area contributed by atoms with E-state index in [1.807, 2.05) is 62.4 Å². The summed E-state index contributed by atoms with van der Waals surface area (Å²) in [4.78, 5) is 28.9. The number of nitrogens with one attached hydrogen (secondary N) is 2. The molecular formula is C21H21N3O2S. The predicted molar refractivity (Wildman–Crippen MR) is 109 cm³/mol. The largest absolute Gasteiger partial charge is 0.320 e. The number of hydrogen-bond donors (Lipinski definition) is 2. The lowest BCUT2D eigenvalue weighted by Gasteiger charge is -2.12. The number of anilines is 2. The number of nitrogens with zero attached hydrogens (tertiary/aromatic N) is 1. The third kappa shape index (κ3) is 4.80. The lowest BCUT2D eigenvalue weighted by atomic mass is 10.1. The van der Waals surface area contributed by atoms with Crippen molar-refractivity contribution in [3.63, 3.8) is 0 Å². The molecule has 0 aliphatic rings. The number of carbonyl (C=O) groups is 2. The number of aryl methyl sites for hydroxylation is 2. The normalized spacial score (nSPS) is 10.4. The highest BCUT2D eigenvalue weighted by Gasteiger charge is 2.15. The second-order valence-electron chi connectivity index (χ2n) is 6.17. The van der Waals surface area contributed by atoms with Crippen LogP contribution in [0.4, 0.5) is 10.8 Å². The van der Waals surface area contributed by atoms with E-state index in [1.54, 1.807) is 5.38 Å². The Kier molecular flexibility index (Phi) is 5.98. The third-order valence-electron chi connectivity index (χ3n) is 4.17. The van der Waals surface area contributed by atoms with Gasteiger partial charge in [0.15, 0.2) is 5.13 Å². The summed E-state index contributed by atoms with van der Waals surface area (Å²) < 4.78 is 0. The number of carbonyl (C=O) groups excluding carboxylic acids is 2. The highest BCUT2D eigenvalue weighted by atomic mass is 32.1. The van der Waals surface area contributed by atoms with Crippen molar-refractivity contribution in [1.82, 2.24) is 4.98 Å². The smallest absolute Gasteiger partial charge is 0.275 e. The number of rotatable bonds is 6. The predicted octanol–water partition coefficient (Wildman–Crippen LogP) is 4.45. The maximum absolute atomic E-state index is 12.5. The standard InChI is InChI=1S/C21H21N3O2S/c1-3-16-11-7-8-14(2)19(16)24-20(26)17-13-27-21(22-17)23-18(25)12-15-9-5-4-6-10-15/h4-11,13H,3,12H2,1-2H3,(H,24,26)(H,22,23,25). The second-order valence-corrected chi connectivity index (χ2v) is 7.02. The molecule has 0 radical (unpaired) electrons. The van der Waals surface area contributed by atoms with Gasteiger partial charge in [0.25, 0.3) is 5.91 Å². The summed E-state index contributed by atoms with van der Waals surface area (Å²) in [5.74, 6) is -0.437. The van der Waals surface area contributed by atoms with Crippen molar-refractivity contribution >= 4 is 34.0 Å². The van der Waals surface area contributed by atoms with Gasteiger partial charge in [0, 0.05) is 11.1 Å². The molecule has 0 bridgehead atoms. The van der Waals surface area contributed by atoms with E-state index in [0.717, 1.165) is 28.8 Å². The van der Waals surface area contributed by atoms with E-state index >= 15 is 0 Å². The molecule has 0 atom stereocenters. The Balaban J connectivity index is 1.65. The Morgan fingerprint density at radius 2 is 1.81 bits per heavy atom. The molecule has 2 amide bonds. The van der Waals surface area contributed by atoms with Crippen molar-refractivity contribution in [2.75, 3.05) is 10.6 Å². The van der Waals surface area contributed by atoms with Gasteiger partial charge >= 0.3 is 0 Å². The zero-order valence-electron chi connectivity index (χ0n) is 15.3. The zero-order chi connectivity index (χ0) is 19.2. The number of aromatic nitrogens is 1. The van der Waals surface area contributed by atoms with E-state index in [0.29, 0.717) is 10.8 Å². The van der Waals surface area contributed by atoms with Crippen LogP contribution in [-0.4, -0.2) is 16.8 Å². The van der Waals surface area contributed by atoms with Crippen LogP contribution in [0.25, 0.3) is 0 Å². The summed E-state index contributed by atoms with van der Waals surface area (Å²) in [6.45, 7) is 4.01. The molecule has 138 valence electrons. The van der Waals surface area contributed by atoms with Gasteiger partial charge in [-0.25, -0.2) is 4.98 Å². The van der Waals surface area contributed by atoms with Gasteiger partial charge in [0.1, 0.15) is 5.69 Å². The molecule has 0 fully saturated rings. The number of benzene rings is 2. The van der Waals surface area contributed by atoms with E-state index in [4.69, 9.17) is 0 Å².